The normalized spacial score (nSPS) is 28.5. The molecule has 2 rings (SSSR count). The number of aromatic nitrogens is 2. The van der Waals surface area contributed by atoms with Gasteiger partial charge in [-0.3, -0.25) is 19.1 Å². The molecule has 1 unspecified atom stereocenters. The van der Waals surface area contributed by atoms with E-state index < -0.39 is 48.4 Å². The molecule has 1 aromatic heterocycles. The number of nitrogens with one attached hydrogen (secondary N) is 1. The van der Waals surface area contributed by atoms with Crippen LogP contribution in [0, 0.1) is 0 Å². The van der Waals surface area contributed by atoms with Crippen LogP contribution in [0.15, 0.2) is 21.9 Å². The Kier molecular flexibility index (Phi) is 4.56. The summed E-state index contributed by atoms with van der Waals surface area (Å²) in [7, 11) is 1.37. The highest BCUT2D eigenvalue weighted by Crippen LogP contribution is 2.32. The summed E-state index contributed by atoms with van der Waals surface area (Å²) in [5.74, 6) is -0.557. The first-order valence-electron chi connectivity index (χ1n) is 6.25. The van der Waals surface area contributed by atoms with Gasteiger partial charge in [-0.15, -0.1) is 0 Å². The van der Waals surface area contributed by atoms with Crippen LogP contribution in [0.2, 0.25) is 0 Å². The average Bonchev–Trinajstić information content (AvgIpc) is 2.75. The van der Waals surface area contributed by atoms with Gasteiger partial charge in [0.05, 0.1) is 6.61 Å². The zero-order chi connectivity index (χ0) is 15.6. The fraction of sp³-hybridized carbons (Fsp3) is 0.583. The van der Waals surface area contributed by atoms with Gasteiger partial charge in [0.25, 0.3) is 5.56 Å². The van der Waals surface area contributed by atoms with Crippen molar-refractivity contribution in [2.75, 3.05) is 13.7 Å². The van der Waals surface area contributed by atoms with E-state index in [1.54, 1.807) is 0 Å². The molecule has 1 fully saturated rings. The van der Waals surface area contributed by atoms with Crippen LogP contribution in [-0.4, -0.2) is 52.7 Å². The molecule has 0 amide bonds. The van der Waals surface area contributed by atoms with E-state index in [0.29, 0.717) is 0 Å². The highest BCUT2D eigenvalue weighted by Gasteiger charge is 2.48. The molecule has 1 aliphatic heterocycles. The van der Waals surface area contributed by atoms with Gasteiger partial charge in [-0.2, -0.15) is 0 Å². The number of aliphatic hydroxyl groups excluding tert-OH is 1. The second-order valence-electron chi connectivity index (χ2n) is 4.54. The minimum Gasteiger partial charge on any atom is -0.457 e. The molecule has 2 heterocycles. The fourth-order valence-electron chi connectivity index (χ4n) is 2.29. The molecule has 0 radical (unpaired) electrons. The Morgan fingerprint density at radius 1 is 1.48 bits per heavy atom. The smallest absolute Gasteiger partial charge is 0.330 e. The van der Waals surface area contributed by atoms with Crippen LogP contribution in [0.1, 0.15) is 13.2 Å². The maximum absolute atomic E-state index is 11.8. The number of carbonyl (C=O) groups excluding carboxylic acids is 1. The number of ether oxygens (including phenoxy) is 3. The van der Waals surface area contributed by atoms with E-state index in [0.717, 1.165) is 10.6 Å². The van der Waals surface area contributed by atoms with Crippen LogP contribution in [0.3, 0.4) is 0 Å². The molecule has 2 N–H and O–H groups in total. The predicted octanol–water partition coefficient (Wildman–Crippen LogP) is -1.63. The molecule has 4 atom stereocenters. The minimum absolute atomic E-state index is 0.410. The number of carbonyl (C=O) groups is 1. The Labute approximate surface area is 119 Å². The molecule has 1 aromatic rings. The van der Waals surface area contributed by atoms with Crippen molar-refractivity contribution in [1.82, 2.24) is 9.55 Å². The third-order valence-electron chi connectivity index (χ3n) is 3.16. The van der Waals surface area contributed by atoms with E-state index in [9.17, 15) is 19.5 Å². The Balaban J connectivity index is 2.37. The van der Waals surface area contributed by atoms with E-state index in [2.05, 4.69) is 4.98 Å². The van der Waals surface area contributed by atoms with E-state index in [-0.39, 0.29) is 0 Å². The van der Waals surface area contributed by atoms with E-state index in [1.807, 2.05) is 0 Å². The molecule has 0 aliphatic carbocycles. The summed E-state index contributed by atoms with van der Waals surface area (Å²) in [5.41, 5.74) is -1.23. The summed E-state index contributed by atoms with van der Waals surface area (Å²) in [6, 6.07) is 1.16. The number of methoxy groups -OCH3 is 1. The molecule has 9 heteroatoms. The molecule has 0 bridgehead atoms. The van der Waals surface area contributed by atoms with Gasteiger partial charge in [0.1, 0.15) is 12.2 Å². The Morgan fingerprint density at radius 2 is 2.19 bits per heavy atom. The molecule has 0 aromatic carbocycles. The highest BCUT2D eigenvalue weighted by molar-refractivity contribution is 5.66. The molecule has 1 saturated heterocycles. The third-order valence-corrected chi connectivity index (χ3v) is 3.16. The molecule has 0 saturated carbocycles. The first-order valence-corrected chi connectivity index (χ1v) is 6.25. The van der Waals surface area contributed by atoms with E-state index in [1.165, 1.54) is 20.2 Å². The predicted molar refractivity (Wildman–Crippen MR) is 68.7 cm³/mol. The van der Waals surface area contributed by atoms with Gasteiger partial charge in [-0.05, 0) is 0 Å². The standard InChI is InChI=1S/C12H16N2O7/c1-6(16)20-9-7(5-15)21-11(10(9)19-2)14-4-3-8(17)13-12(14)18/h3-4,7,9-11,15H,5H2,1-2H3,(H,13,17,18)/t7-,9+,10?,11-/m1/s1. The number of rotatable bonds is 4. The SMILES string of the molecule is COC1[C@@H](OC(C)=O)[C@@H](CO)O[C@H]1n1ccc(=O)[nH]c1=O. The van der Waals surface area contributed by atoms with Crippen molar-refractivity contribution in [2.45, 2.75) is 31.5 Å². The van der Waals surface area contributed by atoms with Crippen molar-refractivity contribution in [1.29, 1.82) is 0 Å². The summed E-state index contributed by atoms with van der Waals surface area (Å²) >= 11 is 0. The minimum atomic E-state index is -0.930. The highest BCUT2D eigenvalue weighted by atomic mass is 16.6. The lowest BCUT2D eigenvalue weighted by molar-refractivity contribution is -0.154. The van der Waals surface area contributed by atoms with Crippen LogP contribution < -0.4 is 11.2 Å². The lowest BCUT2D eigenvalue weighted by Gasteiger charge is -2.22. The molecule has 21 heavy (non-hydrogen) atoms. The van der Waals surface area contributed by atoms with Crippen molar-refractivity contribution in [3.05, 3.63) is 33.1 Å². The molecule has 116 valence electrons. The number of esters is 1. The van der Waals surface area contributed by atoms with Crippen molar-refractivity contribution in [3.8, 4) is 0 Å². The van der Waals surface area contributed by atoms with Gasteiger partial charge in [-0.1, -0.05) is 0 Å². The maximum Gasteiger partial charge on any atom is 0.330 e. The monoisotopic (exact) mass is 300 g/mol. The van der Waals surface area contributed by atoms with Gasteiger partial charge in [-0.25, -0.2) is 4.79 Å². The summed E-state index contributed by atoms with van der Waals surface area (Å²) in [4.78, 5) is 36.1. The van der Waals surface area contributed by atoms with Gasteiger partial charge < -0.3 is 19.3 Å². The Hall–Kier alpha value is -1.97. The zero-order valence-electron chi connectivity index (χ0n) is 11.5. The maximum atomic E-state index is 11.8. The van der Waals surface area contributed by atoms with Crippen molar-refractivity contribution in [2.24, 2.45) is 0 Å². The number of nitrogens with zero attached hydrogens (tertiary/aromatic N) is 1. The summed E-state index contributed by atoms with van der Waals surface area (Å²) < 4.78 is 17.0. The van der Waals surface area contributed by atoms with Crippen LogP contribution in [-0.2, 0) is 19.0 Å². The topological polar surface area (TPSA) is 120 Å². The van der Waals surface area contributed by atoms with Crippen LogP contribution >= 0.6 is 0 Å². The summed E-state index contributed by atoms with van der Waals surface area (Å²) in [6.07, 6.45) is -2.16. The molecule has 9 nitrogen and oxygen atoms in total. The second kappa shape index (κ2) is 6.20. The van der Waals surface area contributed by atoms with Crippen LogP contribution in [0.4, 0.5) is 0 Å². The average molecular weight is 300 g/mol. The number of aromatic amines is 1. The van der Waals surface area contributed by atoms with Crippen LogP contribution in [0.25, 0.3) is 0 Å². The quantitative estimate of drug-likeness (QED) is 0.641. The molecular formula is C12H16N2O7. The lowest BCUT2D eigenvalue weighted by atomic mass is 10.1. The molecule has 0 spiro atoms. The first-order chi connectivity index (χ1) is 9.97. The zero-order valence-corrected chi connectivity index (χ0v) is 11.5. The van der Waals surface area contributed by atoms with Gasteiger partial charge in [0.15, 0.2) is 12.3 Å². The van der Waals surface area contributed by atoms with Crippen molar-refractivity contribution >= 4 is 5.97 Å². The number of hydrogen-bond acceptors (Lipinski definition) is 7. The van der Waals surface area contributed by atoms with Gasteiger partial charge >= 0.3 is 11.7 Å². The van der Waals surface area contributed by atoms with Crippen LogP contribution in [0.5, 0.6) is 0 Å². The number of aliphatic hydroxyl groups is 1. The number of hydrogen-bond donors (Lipinski definition) is 2. The Bertz CT molecular complexity index is 623. The third kappa shape index (κ3) is 3.04. The Morgan fingerprint density at radius 3 is 2.71 bits per heavy atom. The second-order valence-corrected chi connectivity index (χ2v) is 4.54. The first kappa shape index (κ1) is 15.4. The van der Waals surface area contributed by atoms with Crippen molar-refractivity contribution in [3.63, 3.8) is 0 Å². The van der Waals surface area contributed by atoms with Gasteiger partial charge in [0.2, 0.25) is 0 Å². The van der Waals surface area contributed by atoms with Crippen molar-refractivity contribution < 1.29 is 24.1 Å². The molecular weight excluding hydrogens is 284 g/mol. The fourth-order valence-corrected chi connectivity index (χ4v) is 2.29. The number of H-pyrrole nitrogens is 1. The summed E-state index contributed by atoms with van der Waals surface area (Å²) in [6.45, 7) is 0.813. The molecule has 1 aliphatic rings. The summed E-state index contributed by atoms with van der Waals surface area (Å²) in [5, 5.41) is 9.32. The van der Waals surface area contributed by atoms with E-state index >= 15 is 0 Å². The van der Waals surface area contributed by atoms with Gasteiger partial charge in [0, 0.05) is 26.3 Å². The lowest BCUT2D eigenvalue weighted by Crippen LogP contribution is -2.40. The largest absolute Gasteiger partial charge is 0.457 e. The van der Waals surface area contributed by atoms with E-state index in [4.69, 9.17) is 14.2 Å².